The molecule has 0 saturated carbocycles. The molecule has 0 aliphatic carbocycles. The summed E-state index contributed by atoms with van der Waals surface area (Å²) in [5.74, 6) is 1.51. The Hall–Kier alpha value is -1.96. The van der Waals surface area contributed by atoms with Crippen LogP contribution in [0.5, 0.6) is 11.5 Å². The smallest absolute Gasteiger partial charge is 0.161 e. The molecule has 0 saturated heterocycles. The van der Waals surface area contributed by atoms with Crippen molar-refractivity contribution in [3.8, 4) is 22.6 Å². The van der Waals surface area contributed by atoms with Crippen LogP contribution in [0.4, 0.5) is 0 Å². The molecule has 1 radical (unpaired) electrons. The zero-order valence-corrected chi connectivity index (χ0v) is 11.6. The maximum atomic E-state index is 5.33. The third kappa shape index (κ3) is 3.08. The summed E-state index contributed by atoms with van der Waals surface area (Å²) in [6, 6.07) is 14.6. The molecule has 0 aromatic heterocycles. The van der Waals surface area contributed by atoms with Crippen LogP contribution in [-0.4, -0.2) is 14.2 Å². The van der Waals surface area contributed by atoms with E-state index in [0.29, 0.717) is 0 Å². The quantitative estimate of drug-likeness (QED) is 0.799. The van der Waals surface area contributed by atoms with Crippen LogP contribution in [0.2, 0.25) is 0 Å². The molecule has 0 heterocycles. The van der Waals surface area contributed by atoms with E-state index in [1.54, 1.807) is 14.2 Å². The summed E-state index contributed by atoms with van der Waals surface area (Å²) in [7, 11) is 3.30. The molecule has 0 atom stereocenters. The van der Waals surface area contributed by atoms with Crippen molar-refractivity contribution in [3.63, 3.8) is 0 Å². The number of ether oxygens (including phenoxy) is 2. The van der Waals surface area contributed by atoms with E-state index in [9.17, 15) is 0 Å². The number of hydrogen-bond donors (Lipinski definition) is 0. The van der Waals surface area contributed by atoms with Crippen LogP contribution in [0.3, 0.4) is 0 Å². The maximum absolute atomic E-state index is 5.33. The molecule has 0 amide bonds. The van der Waals surface area contributed by atoms with Crippen LogP contribution in [0.1, 0.15) is 12.5 Å². The predicted octanol–water partition coefficient (Wildman–Crippen LogP) is 4.14. The molecule has 0 aliphatic heterocycles. The Morgan fingerprint density at radius 3 is 2.05 bits per heavy atom. The first-order valence-corrected chi connectivity index (χ1v) is 6.37. The fraction of sp³-hybridized carbons (Fsp3) is 0.235. The number of benzene rings is 2. The number of methoxy groups -OCH3 is 2. The third-order valence-corrected chi connectivity index (χ3v) is 3.11. The van der Waals surface area contributed by atoms with Gasteiger partial charge in [-0.25, -0.2) is 0 Å². The Bertz CT molecular complexity index is 529. The molecule has 99 valence electrons. The van der Waals surface area contributed by atoms with Crippen molar-refractivity contribution in [2.75, 3.05) is 14.2 Å². The Labute approximate surface area is 115 Å². The van der Waals surface area contributed by atoms with E-state index in [1.807, 2.05) is 18.2 Å². The van der Waals surface area contributed by atoms with Gasteiger partial charge in [0.05, 0.1) is 14.2 Å². The Balaban J connectivity index is 2.30. The van der Waals surface area contributed by atoms with Crippen molar-refractivity contribution in [1.82, 2.24) is 0 Å². The van der Waals surface area contributed by atoms with Gasteiger partial charge in [0.15, 0.2) is 11.5 Å². The first-order chi connectivity index (χ1) is 9.28. The van der Waals surface area contributed by atoms with Gasteiger partial charge in [-0.05, 0) is 41.7 Å². The molecule has 2 nitrogen and oxygen atoms in total. The highest BCUT2D eigenvalue weighted by atomic mass is 16.5. The van der Waals surface area contributed by atoms with Crippen LogP contribution in [0.25, 0.3) is 11.1 Å². The summed E-state index contributed by atoms with van der Waals surface area (Å²) >= 11 is 0. The van der Waals surface area contributed by atoms with Crippen LogP contribution >= 0.6 is 0 Å². The molecule has 2 aromatic rings. The second-order valence-electron chi connectivity index (χ2n) is 4.38. The highest BCUT2D eigenvalue weighted by Gasteiger charge is 2.06. The molecule has 0 unspecified atom stereocenters. The van der Waals surface area contributed by atoms with Gasteiger partial charge in [0.25, 0.3) is 0 Å². The van der Waals surface area contributed by atoms with E-state index in [1.165, 1.54) is 11.1 Å². The van der Waals surface area contributed by atoms with Gasteiger partial charge in [-0.2, -0.15) is 0 Å². The van der Waals surface area contributed by atoms with Gasteiger partial charge in [0.1, 0.15) is 0 Å². The predicted molar refractivity (Wildman–Crippen MR) is 78.7 cm³/mol. The second kappa shape index (κ2) is 6.28. The third-order valence-electron chi connectivity index (χ3n) is 3.11. The van der Waals surface area contributed by atoms with Gasteiger partial charge in [-0.15, -0.1) is 0 Å². The summed E-state index contributed by atoms with van der Waals surface area (Å²) in [4.78, 5) is 0. The summed E-state index contributed by atoms with van der Waals surface area (Å²) in [5.41, 5.74) is 3.64. The molecule has 0 spiro atoms. The lowest BCUT2D eigenvalue weighted by atomic mass is 10.0. The van der Waals surface area contributed by atoms with E-state index < -0.39 is 0 Å². The fourth-order valence-electron chi connectivity index (χ4n) is 2.08. The van der Waals surface area contributed by atoms with Crippen molar-refractivity contribution in [3.05, 3.63) is 54.4 Å². The monoisotopic (exact) mass is 255 g/mol. The lowest BCUT2D eigenvalue weighted by Gasteiger charge is -2.10. The van der Waals surface area contributed by atoms with Gasteiger partial charge >= 0.3 is 0 Å². The van der Waals surface area contributed by atoms with E-state index in [4.69, 9.17) is 9.47 Å². The summed E-state index contributed by atoms with van der Waals surface area (Å²) < 4.78 is 10.6. The Morgan fingerprint density at radius 1 is 0.842 bits per heavy atom. The average molecular weight is 255 g/mol. The van der Waals surface area contributed by atoms with Gasteiger partial charge in [-0.1, -0.05) is 37.3 Å². The minimum Gasteiger partial charge on any atom is -0.493 e. The van der Waals surface area contributed by atoms with Crippen molar-refractivity contribution in [2.45, 2.75) is 13.3 Å². The normalized spacial score (nSPS) is 10.3. The summed E-state index contributed by atoms with van der Waals surface area (Å²) in [5, 5.41) is 0. The van der Waals surface area contributed by atoms with Gasteiger partial charge in [0.2, 0.25) is 0 Å². The molecule has 2 rings (SSSR count). The minimum atomic E-state index is 0.753. The summed E-state index contributed by atoms with van der Waals surface area (Å²) in [6.07, 6.45) is 3.16. The zero-order valence-electron chi connectivity index (χ0n) is 11.6. The highest BCUT2D eigenvalue weighted by molar-refractivity contribution is 5.67. The molecule has 0 fully saturated rings. The number of rotatable bonds is 5. The van der Waals surface area contributed by atoms with Crippen molar-refractivity contribution in [1.29, 1.82) is 0 Å². The lowest BCUT2D eigenvalue weighted by Crippen LogP contribution is -1.91. The van der Waals surface area contributed by atoms with E-state index in [2.05, 4.69) is 37.6 Å². The van der Waals surface area contributed by atoms with Gasteiger partial charge < -0.3 is 9.47 Å². The topological polar surface area (TPSA) is 18.5 Å². The molecule has 0 aliphatic rings. The van der Waals surface area contributed by atoms with Crippen molar-refractivity contribution in [2.24, 2.45) is 0 Å². The van der Waals surface area contributed by atoms with Crippen LogP contribution in [0, 0.1) is 6.42 Å². The maximum Gasteiger partial charge on any atom is 0.161 e. The molecule has 0 bridgehead atoms. The second-order valence-corrected chi connectivity index (χ2v) is 4.38. The highest BCUT2D eigenvalue weighted by Crippen LogP contribution is 2.32. The largest absolute Gasteiger partial charge is 0.493 e. The zero-order chi connectivity index (χ0) is 13.7. The SMILES string of the molecule is C[CH]Cc1ccc(-c2ccc(OC)c(OC)c2)cc1. The molecule has 2 aromatic carbocycles. The molecular weight excluding hydrogens is 236 g/mol. The molecule has 0 N–H and O–H groups in total. The molecule has 19 heavy (non-hydrogen) atoms. The summed E-state index contributed by atoms with van der Waals surface area (Å²) in [6.45, 7) is 2.07. The fourth-order valence-corrected chi connectivity index (χ4v) is 2.08. The van der Waals surface area contributed by atoms with E-state index in [-0.39, 0.29) is 0 Å². The first-order valence-electron chi connectivity index (χ1n) is 6.37. The number of hydrogen-bond acceptors (Lipinski definition) is 2. The van der Waals surface area contributed by atoms with Crippen LogP contribution in [0.15, 0.2) is 42.5 Å². The standard InChI is InChI=1S/C17H19O2/c1-4-5-13-6-8-14(9-7-13)15-10-11-16(18-2)17(12-15)19-3/h4,6-12H,5H2,1-3H3. The Morgan fingerprint density at radius 2 is 1.47 bits per heavy atom. The van der Waals surface area contributed by atoms with Crippen molar-refractivity contribution >= 4 is 0 Å². The van der Waals surface area contributed by atoms with E-state index >= 15 is 0 Å². The first kappa shape index (κ1) is 13.5. The van der Waals surface area contributed by atoms with Gasteiger partial charge in [-0.3, -0.25) is 0 Å². The van der Waals surface area contributed by atoms with Crippen LogP contribution in [-0.2, 0) is 6.42 Å². The van der Waals surface area contributed by atoms with Crippen molar-refractivity contribution < 1.29 is 9.47 Å². The average Bonchev–Trinajstić information content (AvgIpc) is 2.47. The lowest BCUT2D eigenvalue weighted by molar-refractivity contribution is 0.355. The minimum absolute atomic E-state index is 0.753. The molecule has 2 heteroatoms. The molecular formula is C17H19O2. The van der Waals surface area contributed by atoms with Gasteiger partial charge in [0, 0.05) is 0 Å². The Kier molecular flexibility index (Phi) is 4.45. The van der Waals surface area contributed by atoms with Crippen LogP contribution < -0.4 is 9.47 Å². The van der Waals surface area contributed by atoms with E-state index in [0.717, 1.165) is 23.5 Å².